The van der Waals surface area contributed by atoms with Crippen LogP contribution in [0.5, 0.6) is 0 Å². The lowest BCUT2D eigenvalue weighted by molar-refractivity contribution is -0.142. The number of carbonyl (C=O) groups is 1. The third kappa shape index (κ3) is 4.54. The van der Waals surface area contributed by atoms with Gasteiger partial charge >= 0.3 is 5.97 Å². The first kappa shape index (κ1) is 11.4. The lowest BCUT2D eigenvalue weighted by Gasteiger charge is -2.01. The average molecular weight is 281 g/mol. The van der Waals surface area contributed by atoms with E-state index in [0.717, 1.165) is 9.73 Å². The van der Waals surface area contributed by atoms with Crippen molar-refractivity contribution in [3.05, 3.63) is 9.98 Å². The zero-order valence-electron chi connectivity index (χ0n) is 7.20. The van der Waals surface area contributed by atoms with Gasteiger partial charge in [0.2, 0.25) is 0 Å². The molecule has 0 aliphatic rings. The minimum atomic E-state index is -0.956. The zero-order valence-corrected chi connectivity index (χ0v) is 9.60. The van der Waals surface area contributed by atoms with Crippen LogP contribution in [0.1, 0.15) is 0 Å². The molecule has 5 nitrogen and oxygen atoms in total. The molecule has 7 heteroatoms. The van der Waals surface area contributed by atoms with Gasteiger partial charge in [0.25, 0.3) is 0 Å². The fraction of sp³-hybridized carbons (Fsp3) is 0.429. The highest BCUT2D eigenvalue weighted by molar-refractivity contribution is 9.10. The van der Waals surface area contributed by atoms with Crippen LogP contribution in [0.15, 0.2) is 9.98 Å². The summed E-state index contributed by atoms with van der Waals surface area (Å²) in [4.78, 5) is 14.2. The van der Waals surface area contributed by atoms with Crippen molar-refractivity contribution in [3.63, 3.8) is 0 Å². The molecule has 0 radical (unpaired) electrons. The minimum Gasteiger partial charge on any atom is -0.480 e. The third-order valence-corrected chi connectivity index (χ3v) is 2.73. The summed E-state index contributed by atoms with van der Waals surface area (Å²) >= 11 is 4.70. The first-order chi connectivity index (χ1) is 6.68. The monoisotopic (exact) mass is 280 g/mol. The summed E-state index contributed by atoms with van der Waals surface area (Å²) in [5.41, 5.74) is 0. The minimum absolute atomic E-state index is 0.261. The molecule has 0 bridgehead atoms. The van der Waals surface area contributed by atoms with Crippen LogP contribution < -0.4 is 5.32 Å². The summed E-state index contributed by atoms with van der Waals surface area (Å²) in [5.74, 6) is -0.956. The van der Waals surface area contributed by atoms with Crippen molar-refractivity contribution in [1.29, 1.82) is 0 Å². The van der Waals surface area contributed by atoms with E-state index >= 15 is 0 Å². The van der Waals surface area contributed by atoms with E-state index in [1.54, 1.807) is 0 Å². The standard InChI is InChI=1S/C7H9BrN2O3S/c8-5-4-14-7(10-5)9-1-2-13-3-6(11)12/h4H,1-3H2,(H,9,10)(H,11,12). The molecule has 0 saturated carbocycles. The number of carboxylic acid groups (broad SMARTS) is 1. The summed E-state index contributed by atoms with van der Waals surface area (Å²) in [6, 6.07) is 0. The van der Waals surface area contributed by atoms with E-state index in [2.05, 4.69) is 26.2 Å². The van der Waals surface area contributed by atoms with Gasteiger partial charge < -0.3 is 15.2 Å². The third-order valence-electron chi connectivity index (χ3n) is 1.22. The molecule has 0 aromatic carbocycles. The van der Waals surface area contributed by atoms with Gasteiger partial charge in [-0.25, -0.2) is 9.78 Å². The molecular formula is C7H9BrN2O3S. The second-order valence-electron chi connectivity index (χ2n) is 2.35. The van der Waals surface area contributed by atoms with E-state index in [-0.39, 0.29) is 6.61 Å². The topological polar surface area (TPSA) is 71.5 Å². The van der Waals surface area contributed by atoms with Crippen LogP contribution in [0.3, 0.4) is 0 Å². The molecular weight excluding hydrogens is 272 g/mol. The van der Waals surface area contributed by atoms with Gasteiger partial charge in [-0.1, -0.05) is 0 Å². The zero-order chi connectivity index (χ0) is 10.4. The summed E-state index contributed by atoms with van der Waals surface area (Å²) in [7, 11) is 0. The molecule has 78 valence electrons. The highest BCUT2D eigenvalue weighted by Gasteiger charge is 1.98. The molecule has 1 aromatic heterocycles. The predicted molar refractivity (Wildman–Crippen MR) is 56.8 cm³/mol. The number of rotatable bonds is 6. The Labute approximate surface area is 93.2 Å². The van der Waals surface area contributed by atoms with Crippen molar-refractivity contribution in [2.45, 2.75) is 0 Å². The lowest BCUT2D eigenvalue weighted by Crippen LogP contribution is -2.13. The number of thiazole rings is 1. The molecule has 0 atom stereocenters. The van der Waals surface area contributed by atoms with E-state index in [9.17, 15) is 4.79 Å². The summed E-state index contributed by atoms with van der Waals surface area (Å²) < 4.78 is 5.62. The Morgan fingerprint density at radius 2 is 2.57 bits per heavy atom. The molecule has 0 saturated heterocycles. The molecule has 0 spiro atoms. The lowest BCUT2D eigenvalue weighted by atomic mass is 10.6. The number of anilines is 1. The number of aliphatic carboxylic acids is 1. The first-order valence-corrected chi connectivity index (χ1v) is 5.50. The maximum absolute atomic E-state index is 10.1. The van der Waals surface area contributed by atoms with E-state index < -0.39 is 5.97 Å². The summed E-state index contributed by atoms with van der Waals surface area (Å²) in [6.45, 7) is 0.639. The van der Waals surface area contributed by atoms with Crippen LogP contribution in [-0.2, 0) is 9.53 Å². The van der Waals surface area contributed by atoms with Crippen molar-refractivity contribution >= 4 is 38.4 Å². The predicted octanol–water partition coefficient (Wildman–Crippen LogP) is 1.42. The number of ether oxygens (including phenoxy) is 1. The number of nitrogens with one attached hydrogen (secondary N) is 1. The fourth-order valence-electron chi connectivity index (χ4n) is 0.725. The maximum atomic E-state index is 10.1. The van der Waals surface area contributed by atoms with Gasteiger partial charge in [0.15, 0.2) is 5.13 Å². The quantitative estimate of drug-likeness (QED) is 0.772. The van der Waals surface area contributed by atoms with Crippen LogP contribution in [0, 0.1) is 0 Å². The normalized spacial score (nSPS) is 10.1. The SMILES string of the molecule is O=C(O)COCCNc1nc(Br)cs1. The van der Waals surface area contributed by atoms with Crippen LogP contribution in [0.25, 0.3) is 0 Å². The van der Waals surface area contributed by atoms with Crippen molar-refractivity contribution in [2.24, 2.45) is 0 Å². The van der Waals surface area contributed by atoms with Gasteiger partial charge in [0.05, 0.1) is 6.61 Å². The molecule has 1 aromatic rings. The second kappa shape index (κ2) is 5.94. The van der Waals surface area contributed by atoms with E-state index in [0.29, 0.717) is 13.2 Å². The van der Waals surface area contributed by atoms with Gasteiger partial charge in [-0.3, -0.25) is 0 Å². The summed E-state index contributed by atoms with van der Waals surface area (Å²) in [6.07, 6.45) is 0. The molecule has 0 unspecified atom stereocenters. The molecule has 2 N–H and O–H groups in total. The van der Waals surface area contributed by atoms with Crippen molar-refractivity contribution < 1.29 is 14.6 Å². The van der Waals surface area contributed by atoms with Crippen LogP contribution >= 0.6 is 27.3 Å². The number of nitrogens with zero attached hydrogens (tertiary/aromatic N) is 1. The van der Waals surface area contributed by atoms with Crippen LogP contribution in [0.4, 0.5) is 5.13 Å². The molecule has 0 aliphatic carbocycles. The highest BCUT2D eigenvalue weighted by Crippen LogP contribution is 2.18. The smallest absolute Gasteiger partial charge is 0.329 e. The number of hydrogen-bond donors (Lipinski definition) is 2. The maximum Gasteiger partial charge on any atom is 0.329 e. The number of aromatic nitrogens is 1. The van der Waals surface area contributed by atoms with Crippen molar-refractivity contribution in [2.75, 3.05) is 25.1 Å². The Hall–Kier alpha value is -0.660. The van der Waals surface area contributed by atoms with Crippen LogP contribution in [-0.4, -0.2) is 35.8 Å². The van der Waals surface area contributed by atoms with E-state index in [1.807, 2.05) is 5.38 Å². The summed E-state index contributed by atoms with van der Waals surface area (Å²) in [5, 5.41) is 13.9. The Bertz CT molecular complexity index is 305. The van der Waals surface area contributed by atoms with Gasteiger partial charge in [-0.05, 0) is 15.9 Å². The van der Waals surface area contributed by atoms with E-state index in [4.69, 9.17) is 9.84 Å². The molecule has 1 heterocycles. The van der Waals surface area contributed by atoms with Gasteiger partial charge in [0, 0.05) is 11.9 Å². The molecule has 0 amide bonds. The molecule has 1 rings (SSSR count). The Morgan fingerprint density at radius 3 is 3.14 bits per heavy atom. The van der Waals surface area contributed by atoms with Crippen molar-refractivity contribution in [1.82, 2.24) is 4.98 Å². The fourth-order valence-corrected chi connectivity index (χ4v) is 1.90. The molecule has 0 fully saturated rings. The molecule has 0 aliphatic heterocycles. The first-order valence-electron chi connectivity index (χ1n) is 3.83. The van der Waals surface area contributed by atoms with Gasteiger partial charge in [-0.15, -0.1) is 11.3 Å². The Morgan fingerprint density at radius 1 is 1.79 bits per heavy atom. The highest BCUT2D eigenvalue weighted by atomic mass is 79.9. The van der Waals surface area contributed by atoms with E-state index in [1.165, 1.54) is 11.3 Å². The Balaban J connectivity index is 2.07. The second-order valence-corrected chi connectivity index (χ2v) is 4.02. The molecule has 14 heavy (non-hydrogen) atoms. The number of hydrogen-bond acceptors (Lipinski definition) is 5. The van der Waals surface area contributed by atoms with Gasteiger partial charge in [0.1, 0.15) is 11.2 Å². The number of carboxylic acids is 1. The van der Waals surface area contributed by atoms with Crippen LogP contribution in [0.2, 0.25) is 0 Å². The number of halogens is 1. The average Bonchev–Trinajstić information content (AvgIpc) is 2.50. The largest absolute Gasteiger partial charge is 0.480 e. The van der Waals surface area contributed by atoms with Crippen molar-refractivity contribution in [3.8, 4) is 0 Å². The van der Waals surface area contributed by atoms with Gasteiger partial charge in [-0.2, -0.15) is 0 Å². The Kier molecular flexibility index (Phi) is 4.85.